The largest absolute Gasteiger partial charge is 0.368 e. The zero-order chi connectivity index (χ0) is 12.1. The molecule has 1 atom stereocenters. The van der Waals surface area contributed by atoms with Crippen molar-refractivity contribution >= 4 is 5.78 Å². The third kappa shape index (κ3) is 3.72. The first-order valence-corrected chi connectivity index (χ1v) is 6.09. The Kier molecular flexibility index (Phi) is 5.16. The predicted octanol–water partition coefficient (Wildman–Crippen LogP) is 2.02. The average molecular weight is 225 g/mol. The third-order valence-electron chi connectivity index (χ3n) is 3.11. The van der Waals surface area contributed by atoms with Gasteiger partial charge in [0.2, 0.25) is 0 Å². The summed E-state index contributed by atoms with van der Waals surface area (Å²) in [7, 11) is 0. The number of nitrogens with zero attached hydrogens (tertiary/aromatic N) is 1. The molecule has 0 spiro atoms. The van der Waals surface area contributed by atoms with Crippen LogP contribution in [0.3, 0.4) is 0 Å². The molecule has 1 fully saturated rings. The highest BCUT2D eigenvalue weighted by Crippen LogP contribution is 2.13. The van der Waals surface area contributed by atoms with Crippen molar-refractivity contribution in [1.82, 2.24) is 4.90 Å². The van der Waals surface area contributed by atoms with Crippen LogP contribution in [0.1, 0.15) is 33.6 Å². The van der Waals surface area contributed by atoms with Gasteiger partial charge in [-0.3, -0.25) is 9.69 Å². The molecule has 3 nitrogen and oxygen atoms in total. The smallest absolute Gasteiger partial charge is 0.166 e. The van der Waals surface area contributed by atoms with Gasteiger partial charge < -0.3 is 4.74 Å². The van der Waals surface area contributed by atoms with Gasteiger partial charge in [-0.05, 0) is 20.3 Å². The van der Waals surface area contributed by atoms with E-state index in [1.807, 2.05) is 6.92 Å². The molecular formula is C13H23NO2. The van der Waals surface area contributed by atoms with E-state index in [9.17, 15) is 4.79 Å². The fraction of sp³-hybridized carbons (Fsp3) is 0.769. The molecule has 92 valence electrons. The van der Waals surface area contributed by atoms with Crippen molar-refractivity contribution in [2.45, 2.75) is 45.8 Å². The molecule has 0 saturated carbocycles. The van der Waals surface area contributed by atoms with Crippen molar-refractivity contribution in [3.63, 3.8) is 0 Å². The molecule has 0 bridgehead atoms. The van der Waals surface area contributed by atoms with E-state index in [1.54, 1.807) is 0 Å². The topological polar surface area (TPSA) is 29.5 Å². The molecule has 0 aromatic heterocycles. The van der Waals surface area contributed by atoms with Crippen molar-refractivity contribution in [3.05, 3.63) is 12.2 Å². The molecule has 1 aliphatic rings. The van der Waals surface area contributed by atoms with Crippen molar-refractivity contribution in [1.29, 1.82) is 0 Å². The molecule has 0 N–H and O–H groups in total. The third-order valence-corrected chi connectivity index (χ3v) is 3.11. The highest BCUT2D eigenvalue weighted by Gasteiger charge is 2.27. The van der Waals surface area contributed by atoms with Gasteiger partial charge in [-0.25, -0.2) is 0 Å². The zero-order valence-corrected chi connectivity index (χ0v) is 10.7. The second-order valence-electron chi connectivity index (χ2n) is 4.69. The van der Waals surface area contributed by atoms with Gasteiger partial charge in [0.1, 0.15) is 6.10 Å². The maximum absolute atomic E-state index is 11.9. The highest BCUT2D eigenvalue weighted by atomic mass is 16.5. The minimum Gasteiger partial charge on any atom is -0.368 e. The Morgan fingerprint density at radius 3 is 2.81 bits per heavy atom. The monoisotopic (exact) mass is 225 g/mol. The first-order chi connectivity index (χ1) is 7.54. The first-order valence-electron chi connectivity index (χ1n) is 6.09. The number of morpholine rings is 1. The lowest BCUT2D eigenvalue weighted by Gasteiger charge is -2.34. The van der Waals surface area contributed by atoms with E-state index in [2.05, 4.69) is 25.3 Å². The minimum absolute atomic E-state index is 0.178. The Bertz CT molecular complexity index is 261. The summed E-state index contributed by atoms with van der Waals surface area (Å²) in [4.78, 5) is 14.2. The number of hydrogen-bond acceptors (Lipinski definition) is 3. The Morgan fingerprint density at radius 1 is 1.56 bits per heavy atom. The molecule has 0 radical (unpaired) electrons. The summed E-state index contributed by atoms with van der Waals surface area (Å²) in [6.45, 7) is 12.5. The average Bonchev–Trinajstić information content (AvgIpc) is 2.28. The van der Waals surface area contributed by atoms with Crippen molar-refractivity contribution < 1.29 is 9.53 Å². The van der Waals surface area contributed by atoms with Crippen LogP contribution in [0.25, 0.3) is 0 Å². The maximum Gasteiger partial charge on any atom is 0.166 e. The van der Waals surface area contributed by atoms with E-state index >= 15 is 0 Å². The maximum atomic E-state index is 11.9. The first kappa shape index (κ1) is 13.4. The van der Waals surface area contributed by atoms with Crippen LogP contribution in [-0.2, 0) is 9.53 Å². The summed E-state index contributed by atoms with van der Waals surface area (Å²) in [5, 5.41) is 0. The second-order valence-corrected chi connectivity index (χ2v) is 4.69. The van der Waals surface area contributed by atoms with Crippen LogP contribution in [-0.4, -0.2) is 42.5 Å². The number of ketones is 1. The highest BCUT2D eigenvalue weighted by molar-refractivity contribution is 5.85. The van der Waals surface area contributed by atoms with Crippen LogP contribution in [0, 0.1) is 0 Å². The number of ether oxygens (including phenoxy) is 1. The van der Waals surface area contributed by atoms with E-state index in [0.717, 1.165) is 25.1 Å². The van der Waals surface area contributed by atoms with E-state index in [1.165, 1.54) is 0 Å². The van der Waals surface area contributed by atoms with Crippen LogP contribution in [0.2, 0.25) is 0 Å². The van der Waals surface area contributed by atoms with Crippen LogP contribution >= 0.6 is 0 Å². The lowest BCUT2D eigenvalue weighted by atomic mass is 10.0. The van der Waals surface area contributed by atoms with E-state index < -0.39 is 0 Å². The second kappa shape index (κ2) is 6.16. The molecule has 1 rings (SSSR count). The zero-order valence-electron chi connectivity index (χ0n) is 10.7. The summed E-state index contributed by atoms with van der Waals surface area (Å²) in [6.07, 6.45) is 1.08. The molecule has 1 unspecified atom stereocenters. The van der Waals surface area contributed by atoms with Gasteiger partial charge in [-0.1, -0.05) is 19.1 Å². The SMILES string of the molecule is C=C(CC)CC(=O)C1CN(C(C)C)CCO1. The van der Waals surface area contributed by atoms with Gasteiger partial charge in [-0.2, -0.15) is 0 Å². The molecular weight excluding hydrogens is 202 g/mol. The van der Waals surface area contributed by atoms with Gasteiger partial charge >= 0.3 is 0 Å². The molecule has 1 heterocycles. The molecule has 0 aromatic carbocycles. The van der Waals surface area contributed by atoms with E-state index in [0.29, 0.717) is 19.1 Å². The molecule has 0 aromatic rings. The molecule has 3 heteroatoms. The van der Waals surface area contributed by atoms with Crippen molar-refractivity contribution in [2.75, 3.05) is 19.7 Å². The van der Waals surface area contributed by atoms with E-state index in [-0.39, 0.29) is 11.9 Å². The van der Waals surface area contributed by atoms with Crippen molar-refractivity contribution in [2.24, 2.45) is 0 Å². The Labute approximate surface area is 98.5 Å². The lowest BCUT2D eigenvalue weighted by molar-refractivity contribution is -0.136. The summed E-state index contributed by atoms with van der Waals surface area (Å²) < 4.78 is 5.53. The molecule has 16 heavy (non-hydrogen) atoms. The number of carbonyl (C=O) groups is 1. The van der Waals surface area contributed by atoms with Crippen LogP contribution in [0.4, 0.5) is 0 Å². The Balaban J connectivity index is 2.47. The number of Topliss-reactive ketones (excluding diaryl/α,β-unsaturated/α-hetero) is 1. The van der Waals surface area contributed by atoms with Gasteiger partial charge in [0, 0.05) is 25.6 Å². The Morgan fingerprint density at radius 2 is 2.25 bits per heavy atom. The van der Waals surface area contributed by atoms with Gasteiger partial charge in [-0.15, -0.1) is 0 Å². The predicted molar refractivity (Wildman–Crippen MR) is 65.5 cm³/mol. The minimum atomic E-state index is -0.251. The number of allylic oxidation sites excluding steroid dienone is 1. The molecule has 1 saturated heterocycles. The molecule has 0 amide bonds. The fourth-order valence-corrected chi connectivity index (χ4v) is 1.82. The van der Waals surface area contributed by atoms with Crippen LogP contribution in [0.5, 0.6) is 0 Å². The standard InChI is InChI=1S/C13H23NO2/c1-5-11(4)8-12(15)13-9-14(10(2)3)6-7-16-13/h10,13H,4-9H2,1-3H3. The van der Waals surface area contributed by atoms with Crippen LogP contribution in [0.15, 0.2) is 12.2 Å². The summed E-state index contributed by atoms with van der Waals surface area (Å²) in [5.74, 6) is 0.178. The molecule has 1 aliphatic heterocycles. The summed E-state index contributed by atoms with van der Waals surface area (Å²) in [6, 6.07) is 0.480. The van der Waals surface area contributed by atoms with Crippen LogP contribution < -0.4 is 0 Å². The van der Waals surface area contributed by atoms with E-state index in [4.69, 9.17) is 4.74 Å². The number of rotatable bonds is 5. The lowest BCUT2D eigenvalue weighted by Crippen LogP contribution is -2.48. The quantitative estimate of drug-likeness (QED) is 0.670. The summed E-state index contributed by atoms with van der Waals surface area (Å²) >= 11 is 0. The molecule has 0 aliphatic carbocycles. The normalized spacial score (nSPS) is 22.4. The Hall–Kier alpha value is -0.670. The fourth-order valence-electron chi connectivity index (χ4n) is 1.82. The van der Waals surface area contributed by atoms with Gasteiger partial charge in [0.25, 0.3) is 0 Å². The number of carbonyl (C=O) groups excluding carboxylic acids is 1. The summed E-state index contributed by atoms with van der Waals surface area (Å²) in [5.41, 5.74) is 0.996. The van der Waals surface area contributed by atoms with Crippen molar-refractivity contribution in [3.8, 4) is 0 Å². The number of hydrogen-bond donors (Lipinski definition) is 0. The van der Waals surface area contributed by atoms with Gasteiger partial charge in [0.15, 0.2) is 5.78 Å². The van der Waals surface area contributed by atoms with Gasteiger partial charge in [0.05, 0.1) is 6.61 Å².